The molecule has 1 amide bonds. The third-order valence-electron chi connectivity index (χ3n) is 6.41. The number of likely N-dealkylation sites (tertiary alicyclic amines) is 1. The van der Waals surface area contributed by atoms with Gasteiger partial charge in [0.1, 0.15) is 6.26 Å². The van der Waals surface area contributed by atoms with E-state index in [-0.39, 0.29) is 55.6 Å². The predicted octanol–water partition coefficient (Wildman–Crippen LogP) is 5.96. The molecule has 0 aliphatic carbocycles. The number of ether oxygens (including phenoxy) is 1. The Hall–Kier alpha value is -3.37. The second-order valence-corrected chi connectivity index (χ2v) is 9.88. The number of carbonyl (C=O) groups excluding carboxylic acids is 2. The van der Waals surface area contributed by atoms with E-state index in [0.717, 1.165) is 17.7 Å². The molecule has 0 N–H and O–H groups in total. The summed E-state index contributed by atoms with van der Waals surface area (Å²) in [4.78, 5) is 33.0. The monoisotopic (exact) mass is 563 g/mol. The molecule has 0 bridgehead atoms. The standard InChI is InChI=1S/C28H29ClF3N3O4/c1-2-38-27(37)21-8-5-11-35(16-21)26(36)24-18-39-25(33-24)17-34(15-20-7-4-10-23(29)13-20)14-19-6-3-9-22(12-19)28(30,31)32/h3-4,6-7,9-10,12-13,18,21H,2,5,8,11,14-17H2,1H3/t21-/m1/s1. The number of piperidine rings is 1. The van der Waals surface area contributed by atoms with Crippen LogP contribution >= 0.6 is 11.6 Å². The van der Waals surface area contributed by atoms with E-state index in [1.807, 2.05) is 11.0 Å². The Morgan fingerprint density at radius 3 is 2.54 bits per heavy atom. The molecule has 39 heavy (non-hydrogen) atoms. The number of nitrogens with zero attached hydrogens (tertiary/aromatic N) is 3. The van der Waals surface area contributed by atoms with Crippen molar-refractivity contribution in [3.63, 3.8) is 0 Å². The molecular weight excluding hydrogens is 535 g/mol. The molecule has 7 nitrogen and oxygen atoms in total. The fraction of sp³-hybridized carbons (Fsp3) is 0.393. The van der Waals surface area contributed by atoms with Crippen LogP contribution in [0.25, 0.3) is 0 Å². The maximum atomic E-state index is 13.3. The minimum absolute atomic E-state index is 0.108. The number of alkyl halides is 3. The van der Waals surface area contributed by atoms with Crippen molar-refractivity contribution in [2.75, 3.05) is 19.7 Å². The first-order chi connectivity index (χ1) is 18.6. The molecule has 2 aromatic carbocycles. The smallest absolute Gasteiger partial charge is 0.416 e. The third-order valence-corrected chi connectivity index (χ3v) is 6.65. The van der Waals surface area contributed by atoms with Crippen LogP contribution in [-0.4, -0.2) is 46.4 Å². The number of oxazole rings is 1. The Bertz CT molecular complexity index is 1300. The minimum Gasteiger partial charge on any atom is -0.466 e. The molecular formula is C28H29ClF3N3O4. The number of hydrogen-bond acceptors (Lipinski definition) is 6. The highest BCUT2D eigenvalue weighted by Gasteiger charge is 2.32. The van der Waals surface area contributed by atoms with Gasteiger partial charge in [0, 0.05) is 31.2 Å². The lowest BCUT2D eigenvalue weighted by Gasteiger charge is -2.30. The van der Waals surface area contributed by atoms with E-state index in [9.17, 15) is 22.8 Å². The number of rotatable bonds is 9. The molecule has 0 unspecified atom stereocenters. The maximum Gasteiger partial charge on any atom is 0.416 e. The van der Waals surface area contributed by atoms with Crippen molar-refractivity contribution in [3.05, 3.63) is 88.1 Å². The van der Waals surface area contributed by atoms with Gasteiger partial charge in [-0.2, -0.15) is 13.2 Å². The van der Waals surface area contributed by atoms with Crippen LogP contribution in [0.1, 0.15) is 52.8 Å². The van der Waals surface area contributed by atoms with E-state index < -0.39 is 11.7 Å². The predicted molar refractivity (Wildman–Crippen MR) is 138 cm³/mol. The second kappa shape index (κ2) is 12.7. The van der Waals surface area contributed by atoms with Crippen LogP contribution in [0.5, 0.6) is 0 Å². The van der Waals surface area contributed by atoms with E-state index >= 15 is 0 Å². The molecule has 1 fully saturated rings. The highest BCUT2D eigenvalue weighted by Crippen LogP contribution is 2.30. The van der Waals surface area contributed by atoms with Crippen molar-refractivity contribution in [3.8, 4) is 0 Å². The molecule has 3 aromatic rings. The normalized spacial score (nSPS) is 15.9. The van der Waals surface area contributed by atoms with E-state index in [2.05, 4.69) is 4.98 Å². The summed E-state index contributed by atoms with van der Waals surface area (Å²) in [5.74, 6) is -0.804. The van der Waals surface area contributed by atoms with Crippen molar-refractivity contribution in [1.29, 1.82) is 0 Å². The number of benzene rings is 2. The molecule has 1 saturated heterocycles. The van der Waals surface area contributed by atoms with Crippen LogP contribution in [0.4, 0.5) is 13.2 Å². The summed E-state index contributed by atoms with van der Waals surface area (Å²) >= 11 is 6.13. The van der Waals surface area contributed by atoms with Crippen molar-refractivity contribution >= 4 is 23.5 Å². The lowest BCUT2D eigenvalue weighted by Crippen LogP contribution is -2.43. The quantitative estimate of drug-likeness (QED) is 0.299. The molecule has 0 saturated carbocycles. The van der Waals surface area contributed by atoms with Gasteiger partial charge in [-0.3, -0.25) is 14.5 Å². The average molecular weight is 564 g/mol. The number of esters is 1. The van der Waals surface area contributed by atoms with Gasteiger partial charge in [0.2, 0.25) is 5.89 Å². The zero-order valence-corrected chi connectivity index (χ0v) is 22.2. The second-order valence-electron chi connectivity index (χ2n) is 9.44. The molecule has 0 spiro atoms. The van der Waals surface area contributed by atoms with Crippen molar-refractivity contribution < 1.29 is 31.9 Å². The van der Waals surface area contributed by atoms with E-state index in [4.69, 9.17) is 20.8 Å². The van der Waals surface area contributed by atoms with Gasteiger partial charge >= 0.3 is 12.1 Å². The molecule has 1 aliphatic heterocycles. The summed E-state index contributed by atoms with van der Waals surface area (Å²) in [5, 5.41) is 0.540. The molecule has 1 atom stereocenters. The molecule has 208 valence electrons. The van der Waals surface area contributed by atoms with Crippen LogP contribution in [0.15, 0.2) is 59.2 Å². The Kier molecular flexibility index (Phi) is 9.29. The highest BCUT2D eigenvalue weighted by atomic mass is 35.5. The van der Waals surface area contributed by atoms with Crippen LogP contribution in [0.3, 0.4) is 0 Å². The molecule has 0 radical (unpaired) electrons. The van der Waals surface area contributed by atoms with Gasteiger partial charge in [-0.05, 0) is 49.1 Å². The summed E-state index contributed by atoms with van der Waals surface area (Å²) in [7, 11) is 0. The number of carbonyl (C=O) groups is 2. The summed E-state index contributed by atoms with van der Waals surface area (Å²) < 4.78 is 50.5. The van der Waals surface area contributed by atoms with E-state index in [0.29, 0.717) is 36.5 Å². The van der Waals surface area contributed by atoms with Crippen LogP contribution in [0.2, 0.25) is 5.02 Å². The third kappa shape index (κ3) is 7.83. The fourth-order valence-electron chi connectivity index (χ4n) is 4.61. The first kappa shape index (κ1) is 28.6. The number of amides is 1. The van der Waals surface area contributed by atoms with Gasteiger partial charge in [-0.15, -0.1) is 0 Å². The maximum absolute atomic E-state index is 13.3. The van der Waals surface area contributed by atoms with Gasteiger partial charge in [0.05, 0.1) is 24.6 Å². The van der Waals surface area contributed by atoms with Gasteiger partial charge < -0.3 is 14.1 Å². The van der Waals surface area contributed by atoms with Crippen LogP contribution in [-0.2, 0) is 35.3 Å². The SMILES string of the molecule is CCOC(=O)[C@@H]1CCCN(C(=O)c2coc(CN(Cc3cccc(Cl)c3)Cc3cccc(C(F)(F)F)c3)n2)C1. The minimum atomic E-state index is -4.45. The fourth-order valence-corrected chi connectivity index (χ4v) is 4.83. The van der Waals surface area contributed by atoms with Crippen LogP contribution < -0.4 is 0 Å². The largest absolute Gasteiger partial charge is 0.466 e. The molecule has 11 heteroatoms. The number of aromatic nitrogens is 1. The zero-order valence-electron chi connectivity index (χ0n) is 21.4. The number of halogens is 4. The Morgan fingerprint density at radius 2 is 1.85 bits per heavy atom. The first-order valence-corrected chi connectivity index (χ1v) is 13.0. The van der Waals surface area contributed by atoms with Crippen molar-refractivity contribution in [2.24, 2.45) is 5.92 Å². The summed E-state index contributed by atoms with van der Waals surface area (Å²) in [6.45, 7) is 3.43. The Morgan fingerprint density at radius 1 is 1.13 bits per heavy atom. The summed E-state index contributed by atoms with van der Waals surface area (Å²) in [6.07, 6.45) is -1.86. The van der Waals surface area contributed by atoms with Crippen LogP contribution in [0, 0.1) is 5.92 Å². The first-order valence-electron chi connectivity index (χ1n) is 12.7. The van der Waals surface area contributed by atoms with Gasteiger partial charge in [-0.25, -0.2) is 4.98 Å². The van der Waals surface area contributed by atoms with Crippen molar-refractivity contribution in [2.45, 2.75) is 45.6 Å². The molecule has 4 rings (SSSR count). The summed E-state index contributed by atoms with van der Waals surface area (Å²) in [5.41, 5.74) is 0.703. The molecule has 2 heterocycles. The zero-order chi connectivity index (χ0) is 28.0. The Balaban J connectivity index is 1.49. The van der Waals surface area contributed by atoms with Gasteiger partial charge in [0.25, 0.3) is 5.91 Å². The van der Waals surface area contributed by atoms with E-state index in [1.165, 1.54) is 12.3 Å². The molecule has 1 aromatic heterocycles. The average Bonchev–Trinajstić information content (AvgIpc) is 3.36. The molecule has 1 aliphatic rings. The number of hydrogen-bond donors (Lipinski definition) is 0. The van der Waals surface area contributed by atoms with Gasteiger partial charge in [0.15, 0.2) is 5.69 Å². The van der Waals surface area contributed by atoms with E-state index in [1.54, 1.807) is 36.1 Å². The topological polar surface area (TPSA) is 75.9 Å². The lowest BCUT2D eigenvalue weighted by atomic mass is 9.98. The van der Waals surface area contributed by atoms with Crippen molar-refractivity contribution in [1.82, 2.24) is 14.8 Å². The highest BCUT2D eigenvalue weighted by molar-refractivity contribution is 6.30. The van der Waals surface area contributed by atoms with Gasteiger partial charge in [-0.1, -0.05) is 41.9 Å². The summed E-state index contributed by atoms with van der Waals surface area (Å²) in [6, 6.07) is 12.3. The lowest BCUT2D eigenvalue weighted by molar-refractivity contribution is -0.149. The Labute approximate surface area is 229 Å².